The maximum Gasteiger partial charge on any atom is 0.490 e. The van der Waals surface area contributed by atoms with Gasteiger partial charge in [0.1, 0.15) is 18.4 Å². The van der Waals surface area contributed by atoms with Crippen molar-refractivity contribution in [2.24, 2.45) is 0 Å². The number of carboxylic acid groups (broad SMARTS) is 1. The third-order valence-corrected chi connectivity index (χ3v) is 5.96. The molecule has 6 rings (SSSR count). The van der Waals surface area contributed by atoms with E-state index in [0.717, 1.165) is 48.7 Å². The third kappa shape index (κ3) is 5.88. The number of aromatic nitrogens is 6. The monoisotopic (exact) mass is 563 g/mol. The molecule has 1 saturated heterocycles. The summed E-state index contributed by atoms with van der Waals surface area (Å²) in [5.74, 6) is -0.646. The van der Waals surface area contributed by atoms with Crippen LogP contribution in [-0.2, 0) is 11.3 Å². The van der Waals surface area contributed by atoms with Crippen molar-refractivity contribution in [2.75, 3.05) is 36.4 Å². The summed E-state index contributed by atoms with van der Waals surface area (Å²) in [4.78, 5) is 33.2. The predicted octanol–water partition coefficient (Wildman–Crippen LogP) is 3.59. The van der Waals surface area contributed by atoms with Gasteiger partial charge in [0.25, 0.3) is 0 Å². The molecule has 0 spiro atoms. The van der Waals surface area contributed by atoms with E-state index in [0.29, 0.717) is 34.5 Å². The lowest BCUT2D eigenvalue weighted by atomic mass is 10.3. The first-order chi connectivity index (χ1) is 18.7. The van der Waals surface area contributed by atoms with Crippen molar-refractivity contribution in [2.45, 2.75) is 12.7 Å². The maximum atomic E-state index is 10.6. The molecule has 204 valence electrons. The average Bonchev–Trinajstić information content (AvgIpc) is 3.66. The van der Waals surface area contributed by atoms with Gasteiger partial charge in [-0.25, -0.2) is 14.8 Å². The summed E-state index contributed by atoms with van der Waals surface area (Å²) in [5, 5.41) is 14.6. The van der Waals surface area contributed by atoms with Crippen LogP contribution in [0, 0.1) is 0 Å². The molecule has 0 atom stereocenters. The number of hydrogen-bond acceptors (Lipinski definition) is 9. The van der Waals surface area contributed by atoms with E-state index >= 15 is 0 Å². The number of furan rings is 1. The fourth-order valence-corrected chi connectivity index (χ4v) is 4.06. The summed E-state index contributed by atoms with van der Waals surface area (Å²) >= 11 is 6.10. The van der Waals surface area contributed by atoms with Crippen LogP contribution in [0.1, 0.15) is 5.82 Å². The number of anilines is 2. The van der Waals surface area contributed by atoms with Gasteiger partial charge in [-0.3, -0.25) is 4.57 Å². The molecule has 0 bridgehead atoms. The van der Waals surface area contributed by atoms with Gasteiger partial charge in [-0.05, 0) is 18.2 Å². The molecule has 4 aromatic heterocycles. The topological polar surface area (TPSA) is 150 Å². The molecule has 0 unspecified atom stereocenters. The van der Waals surface area contributed by atoms with Gasteiger partial charge in [-0.15, -0.1) is 0 Å². The number of carboxylic acids is 1. The number of hydrogen-bond donors (Lipinski definition) is 4. The highest BCUT2D eigenvalue weighted by Crippen LogP contribution is 2.26. The van der Waals surface area contributed by atoms with Gasteiger partial charge < -0.3 is 30.0 Å². The highest BCUT2D eigenvalue weighted by molar-refractivity contribution is 6.31. The van der Waals surface area contributed by atoms with Crippen LogP contribution in [0.15, 0.2) is 47.5 Å². The number of aromatic amines is 1. The van der Waals surface area contributed by atoms with E-state index in [-0.39, 0.29) is 0 Å². The lowest BCUT2D eigenvalue weighted by Gasteiger charge is -2.27. The van der Waals surface area contributed by atoms with E-state index in [1.807, 2.05) is 28.8 Å². The zero-order chi connectivity index (χ0) is 27.6. The second-order valence-corrected chi connectivity index (χ2v) is 8.82. The van der Waals surface area contributed by atoms with E-state index in [4.69, 9.17) is 35.9 Å². The Balaban J connectivity index is 0.000000392. The predicted molar refractivity (Wildman–Crippen MR) is 136 cm³/mol. The average molecular weight is 564 g/mol. The Labute approximate surface area is 222 Å². The number of imidazole rings is 2. The Morgan fingerprint density at radius 1 is 1.18 bits per heavy atom. The fourth-order valence-electron chi connectivity index (χ4n) is 3.89. The molecule has 1 aromatic carbocycles. The number of piperazine rings is 1. The number of halogens is 4. The molecule has 4 N–H and O–H groups in total. The van der Waals surface area contributed by atoms with Crippen LogP contribution >= 0.6 is 11.6 Å². The van der Waals surface area contributed by atoms with E-state index in [9.17, 15) is 13.2 Å². The SMILES string of the molecule is Clc1ccc2nc(CNc3nc(N4CCNCC4)nc4c3ncn4-c3ccoc3)[nH]c2c1.O=C(O)C(F)(F)F. The Morgan fingerprint density at radius 3 is 2.64 bits per heavy atom. The molecule has 16 heteroatoms. The van der Waals surface area contributed by atoms with Crippen molar-refractivity contribution >= 4 is 51.5 Å². The van der Waals surface area contributed by atoms with Gasteiger partial charge in [-0.1, -0.05) is 11.6 Å². The van der Waals surface area contributed by atoms with Crippen LogP contribution in [-0.4, -0.2) is 72.9 Å². The van der Waals surface area contributed by atoms with Crippen LogP contribution in [0.25, 0.3) is 27.9 Å². The van der Waals surface area contributed by atoms with E-state index < -0.39 is 12.1 Å². The largest absolute Gasteiger partial charge is 0.490 e. The molecular formula is C23H21ClF3N9O3. The molecular weight excluding hydrogens is 543 g/mol. The van der Waals surface area contributed by atoms with Crippen LogP contribution in [0.2, 0.25) is 5.02 Å². The normalized spacial score (nSPS) is 13.9. The minimum atomic E-state index is -5.08. The van der Waals surface area contributed by atoms with Crippen molar-refractivity contribution in [3.8, 4) is 5.69 Å². The number of H-pyrrole nitrogens is 1. The number of carbonyl (C=O) groups is 1. The van der Waals surface area contributed by atoms with Crippen LogP contribution < -0.4 is 15.5 Å². The smallest absolute Gasteiger partial charge is 0.475 e. The first kappa shape index (κ1) is 26.2. The number of alkyl halides is 3. The van der Waals surface area contributed by atoms with Gasteiger partial charge in [0.05, 0.1) is 29.5 Å². The van der Waals surface area contributed by atoms with Crippen molar-refractivity contribution < 1.29 is 27.5 Å². The number of benzene rings is 1. The summed E-state index contributed by atoms with van der Waals surface area (Å²) in [6.45, 7) is 3.93. The van der Waals surface area contributed by atoms with Gasteiger partial charge >= 0.3 is 12.1 Å². The third-order valence-electron chi connectivity index (χ3n) is 5.73. The number of nitrogens with zero attached hydrogens (tertiary/aromatic N) is 6. The van der Waals surface area contributed by atoms with Crippen molar-refractivity contribution in [3.63, 3.8) is 0 Å². The highest BCUT2D eigenvalue weighted by atomic mass is 35.5. The molecule has 12 nitrogen and oxygen atoms in total. The molecule has 39 heavy (non-hydrogen) atoms. The van der Waals surface area contributed by atoms with Crippen molar-refractivity contribution in [3.05, 3.63) is 54.0 Å². The number of fused-ring (bicyclic) bond motifs is 2. The molecule has 0 aliphatic carbocycles. The first-order valence-corrected chi connectivity index (χ1v) is 12.0. The second-order valence-electron chi connectivity index (χ2n) is 8.38. The van der Waals surface area contributed by atoms with Crippen LogP contribution in [0.3, 0.4) is 0 Å². The number of rotatable bonds is 5. The molecule has 0 amide bonds. The zero-order valence-corrected chi connectivity index (χ0v) is 20.8. The van der Waals surface area contributed by atoms with Crippen molar-refractivity contribution in [1.82, 2.24) is 34.8 Å². The Morgan fingerprint density at radius 2 is 1.95 bits per heavy atom. The van der Waals surface area contributed by atoms with Gasteiger partial charge in [0.15, 0.2) is 17.0 Å². The molecule has 1 aliphatic heterocycles. The minimum absolute atomic E-state index is 0.456. The Hall–Kier alpha value is -4.37. The number of aliphatic carboxylic acids is 1. The van der Waals surface area contributed by atoms with E-state index in [1.54, 1.807) is 18.9 Å². The zero-order valence-electron chi connectivity index (χ0n) is 20.0. The summed E-state index contributed by atoms with van der Waals surface area (Å²) < 4.78 is 38.9. The summed E-state index contributed by atoms with van der Waals surface area (Å²) in [5.41, 5.74) is 4.02. The quantitative estimate of drug-likeness (QED) is 0.250. The van der Waals surface area contributed by atoms with Gasteiger partial charge in [0, 0.05) is 37.3 Å². The van der Waals surface area contributed by atoms with E-state index in [2.05, 4.69) is 30.5 Å². The maximum absolute atomic E-state index is 10.6. The molecule has 0 radical (unpaired) electrons. The lowest BCUT2D eigenvalue weighted by molar-refractivity contribution is -0.192. The Kier molecular flexibility index (Phi) is 7.26. The minimum Gasteiger partial charge on any atom is -0.475 e. The summed E-state index contributed by atoms with van der Waals surface area (Å²) in [6.07, 6.45) is -0.0486. The molecule has 5 heterocycles. The van der Waals surface area contributed by atoms with E-state index in [1.165, 1.54) is 0 Å². The highest BCUT2D eigenvalue weighted by Gasteiger charge is 2.38. The van der Waals surface area contributed by atoms with Crippen LogP contribution in [0.5, 0.6) is 0 Å². The first-order valence-electron chi connectivity index (χ1n) is 11.6. The molecule has 1 fully saturated rings. The van der Waals surface area contributed by atoms with Crippen molar-refractivity contribution in [1.29, 1.82) is 0 Å². The summed E-state index contributed by atoms with van der Waals surface area (Å²) in [6, 6.07) is 7.47. The van der Waals surface area contributed by atoms with Gasteiger partial charge in [-0.2, -0.15) is 23.1 Å². The molecule has 5 aromatic rings. The molecule has 0 saturated carbocycles. The van der Waals surface area contributed by atoms with Gasteiger partial charge in [0.2, 0.25) is 5.95 Å². The number of nitrogens with one attached hydrogen (secondary N) is 3. The second kappa shape index (κ2) is 10.8. The standard InChI is InChI=1S/C21H20ClN9O.C2HF3O2/c22-13-1-2-15-16(9-13)27-17(26-15)10-24-19-18-20(31(12-25-18)14-3-8-32-11-14)29-21(28-19)30-6-4-23-5-7-30;3-2(4,5)1(6)7/h1-3,8-9,11-12,23H,4-7,10H2,(H,26,27)(H,24,28,29);(H,6,7). The Bertz CT molecular complexity index is 1600. The lowest BCUT2D eigenvalue weighted by Crippen LogP contribution is -2.44. The fraction of sp³-hybridized carbons (Fsp3) is 0.261. The molecule has 1 aliphatic rings. The summed E-state index contributed by atoms with van der Waals surface area (Å²) in [7, 11) is 0. The van der Waals surface area contributed by atoms with Crippen LogP contribution in [0.4, 0.5) is 24.9 Å².